The fraction of sp³-hybridized carbons (Fsp3) is 0.222. The quantitative estimate of drug-likeness (QED) is 0.0349. The number of benzene rings is 6. The molecule has 0 aliphatic rings. The molecule has 12 rings (SSSR count). The van der Waals surface area contributed by atoms with E-state index in [1.54, 1.807) is 0 Å². The van der Waals surface area contributed by atoms with Gasteiger partial charge in [0.15, 0.2) is 33.5 Å². The molecule has 0 saturated heterocycles. The van der Waals surface area contributed by atoms with Gasteiger partial charge in [-0.3, -0.25) is 0 Å². The maximum Gasteiger partial charge on any atom is 0.639 e. The Morgan fingerprint density at radius 1 is 0.289 bits per heavy atom. The molecule has 0 atom stereocenters. The Labute approximate surface area is 460 Å². The number of fused-ring (bicyclic) bond motifs is 6. The van der Waals surface area contributed by atoms with Crippen LogP contribution in [0.15, 0.2) is 203 Å². The molecule has 6 aromatic heterocycles. The van der Waals surface area contributed by atoms with E-state index in [-0.39, 0.29) is 37.6 Å². The van der Waals surface area contributed by atoms with Gasteiger partial charge >= 0.3 is 7.32 Å². The van der Waals surface area contributed by atoms with E-state index in [2.05, 4.69) is 0 Å². The van der Waals surface area contributed by atoms with Crippen LogP contribution in [-0.2, 0) is 14.0 Å². The van der Waals surface area contributed by atoms with Crippen molar-refractivity contribution < 1.29 is 40.5 Å². The maximum absolute atomic E-state index is 6.79. The molecular formula is C54H45BN6O9S6. The molecule has 0 amide bonds. The van der Waals surface area contributed by atoms with Crippen LogP contribution in [0.5, 0.6) is 0 Å². The third-order valence-electron chi connectivity index (χ3n) is 11.7. The molecule has 384 valence electrons. The van der Waals surface area contributed by atoms with E-state index in [4.69, 9.17) is 70.4 Å². The predicted octanol–water partition coefficient (Wildman–Crippen LogP) is 14.5. The van der Waals surface area contributed by atoms with Gasteiger partial charge in [-0.05, 0) is 90.6 Å². The van der Waals surface area contributed by atoms with Gasteiger partial charge in [0.25, 0.3) is 31.3 Å². The third-order valence-corrected chi connectivity index (χ3v) is 18.1. The van der Waals surface area contributed by atoms with Crippen molar-refractivity contribution in [2.45, 2.75) is 31.3 Å². The van der Waals surface area contributed by atoms with Gasteiger partial charge in [-0.2, -0.15) is 0 Å². The number of thioether (sulfide) groups is 6. The summed E-state index contributed by atoms with van der Waals surface area (Å²) < 4.78 is 57.2. The molecule has 0 bridgehead atoms. The van der Waals surface area contributed by atoms with E-state index in [1.165, 1.54) is 70.6 Å². The molecule has 0 N–H and O–H groups in total. The lowest BCUT2D eigenvalue weighted by molar-refractivity contribution is 0.0704. The van der Waals surface area contributed by atoms with E-state index in [0.717, 1.165) is 66.6 Å². The molecule has 0 aliphatic carbocycles. The number of aromatic nitrogens is 6. The number of hydrogen-bond donors (Lipinski definition) is 0. The highest BCUT2D eigenvalue weighted by molar-refractivity contribution is 8.00. The number of rotatable bonds is 27. The molecule has 0 unspecified atom stereocenters. The fourth-order valence-electron chi connectivity index (χ4n) is 7.83. The van der Waals surface area contributed by atoms with E-state index < -0.39 is 7.32 Å². The molecule has 0 saturated carbocycles. The SMILES string of the molecule is c1ccc2oc(SCC(COB(OCC(CSc3nc4ccccc4o3)CSc3nc4ccccc4o3)OCC(CSc3nc4ccccc4o3)CSc3nc4ccccc4o3)CSc3nc4ccccc4o3)nc2c1. The van der Waals surface area contributed by atoms with Crippen LogP contribution in [0.25, 0.3) is 66.6 Å². The van der Waals surface area contributed by atoms with Crippen molar-refractivity contribution in [2.75, 3.05) is 54.3 Å². The Hall–Kier alpha value is -5.82. The van der Waals surface area contributed by atoms with Crippen LogP contribution in [0, 0.1) is 17.8 Å². The standard InChI is InChI=1S/C54H45BN6O9S6/c1-7-19-43-37(13-1)56-49(65-43)71-28-34(29-72-50-57-38-14-2-8-20-44(38)66-50)25-62-55(63-26-35(30-73-51-58-39-15-3-9-21-45(39)67-51)31-74-52-59-40-16-4-10-22-46(40)68-52)64-27-36(32-75-53-60-41-17-5-11-23-47(41)69-53)33-76-54-61-42-18-6-12-24-48(42)70-54/h1-24,34-36H,25-33H2. The highest BCUT2D eigenvalue weighted by Crippen LogP contribution is 2.34. The maximum atomic E-state index is 6.79. The Morgan fingerprint density at radius 2 is 0.474 bits per heavy atom. The van der Waals surface area contributed by atoms with Crippen molar-refractivity contribution in [3.05, 3.63) is 146 Å². The molecule has 6 aromatic carbocycles. The normalized spacial score (nSPS) is 12.2. The first-order valence-corrected chi connectivity index (χ1v) is 30.2. The van der Waals surface area contributed by atoms with Crippen LogP contribution in [0.3, 0.4) is 0 Å². The Kier molecular flexibility index (Phi) is 16.5. The summed E-state index contributed by atoms with van der Waals surface area (Å²) in [5.41, 5.74) is 9.21. The third kappa shape index (κ3) is 13.1. The van der Waals surface area contributed by atoms with Gasteiger partial charge < -0.3 is 40.5 Å². The lowest BCUT2D eigenvalue weighted by Crippen LogP contribution is -2.35. The molecule has 0 fully saturated rings. The van der Waals surface area contributed by atoms with Crippen LogP contribution >= 0.6 is 70.6 Å². The Balaban J connectivity index is 0.795. The summed E-state index contributed by atoms with van der Waals surface area (Å²) in [7, 11) is -1.07. The van der Waals surface area contributed by atoms with Gasteiger partial charge in [-0.25, -0.2) is 29.9 Å². The van der Waals surface area contributed by atoms with Gasteiger partial charge in [-0.15, -0.1) is 0 Å². The molecule has 15 nitrogen and oxygen atoms in total. The lowest BCUT2D eigenvalue weighted by atomic mass is 10.1. The topological polar surface area (TPSA) is 184 Å². The average Bonchev–Trinajstić information content (AvgIpc) is 4.33. The summed E-state index contributed by atoms with van der Waals surface area (Å²) in [6, 6.07) is 46.6. The summed E-state index contributed by atoms with van der Waals surface area (Å²) in [6.07, 6.45) is 0. The minimum Gasteiger partial charge on any atom is -0.431 e. The van der Waals surface area contributed by atoms with E-state index >= 15 is 0 Å². The van der Waals surface area contributed by atoms with Crippen LogP contribution in [0.2, 0.25) is 0 Å². The van der Waals surface area contributed by atoms with Crippen molar-refractivity contribution in [3.63, 3.8) is 0 Å². The van der Waals surface area contributed by atoms with Crippen molar-refractivity contribution in [3.8, 4) is 0 Å². The molecule has 12 aromatic rings. The molecular weight excluding hydrogens is 1080 g/mol. The fourth-order valence-corrected chi connectivity index (χ4v) is 13.7. The first kappa shape index (κ1) is 51.0. The highest BCUT2D eigenvalue weighted by Gasteiger charge is 2.29. The Morgan fingerprint density at radius 3 is 0.658 bits per heavy atom. The molecule has 0 spiro atoms. The van der Waals surface area contributed by atoms with Crippen molar-refractivity contribution >= 4 is 144 Å². The molecule has 6 heterocycles. The zero-order valence-corrected chi connectivity index (χ0v) is 45.2. The van der Waals surface area contributed by atoms with E-state index in [0.29, 0.717) is 65.9 Å². The zero-order valence-electron chi connectivity index (χ0n) is 40.3. The van der Waals surface area contributed by atoms with Crippen LogP contribution in [0.4, 0.5) is 0 Å². The number of oxazole rings is 6. The van der Waals surface area contributed by atoms with Crippen LogP contribution < -0.4 is 0 Å². The summed E-state index contributed by atoms with van der Waals surface area (Å²) in [5.74, 6) is 3.50. The summed E-state index contributed by atoms with van der Waals surface area (Å²) in [5, 5.41) is 3.46. The first-order valence-electron chi connectivity index (χ1n) is 24.3. The van der Waals surface area contributed by atoms with Gasteiger partial charge in [-0.1, -0.05) is 143 Å². The second-order valence-corrected chi connectivity index (χ2v) is 23.3. The van der Waals surface area contributed by atoms with Gasteiger partial charge in [0.2, 0.25) is 0 Å². The van der Waals surface area contributed by atoms with Crippen molar-refractivity contribution in [1.82, 2.24) is 29.9 Å². The number of hydrogen-bond acceptors (Lipinski definition) is 21. The van der Waals surface area contributed by atoms with Crippen LogP contribution in [0.1, 0.15) is 0 Å². The van der Waals surface area contributed by atoms with Gasteiger partial charge in [0.1, 0.15) is 33.1 Å². The summed E-state index contributed by atoms with van der Waals surface area (Å²) in [4.78, 5) is 28.5. The van der Waals surface area contributed by atoms with Gasteiger partial charge in [0.05, 0.1) is 0 Å². The average molecular weight is 1130 g/mol. The second kappa shape index (κ2) is 24.7. The van der Waals surface area contributed by atoms with Crippen molar-refractivity contribution in [1.29, 1.82) is 0 Å². The van der Waals surface area contributed by atoms with Crippen molar-refractivity contribution in [2.24, 2.45) is 17.8 Å². The smallest absolute Gasteiger partial charge is 0.431 e. The zero-order chi connectivity index (χ0) is 50.9. The van der Waals surface area contributed by atoms with Gasteiger partial charge in [0, 0.05) is 54.3 Å². The summed E-state index contributed by atoms with van der Waals surface area (Å²) >= 11 is 9.19. The number of nitrogens with zero attached hydrogens (tertiary/aromatic N) is 6. The number of para-hydroxylation sites is 12. The molecule has 76 heavy (non-hydrogen) atoms. The van der Waals surface area contributed by atoms with Crippen LogP contribution in [-0.4, -0.2) is 91.6 Å². The molecule has 0 radical (unpaired) electrons. The molecule has 0 aliphatic heterocycles. The minimum absolute atomic E-state index is 0.0600. The van der Waals surface area contributed by atoms with E-state index in [9.17, 15) is 0 Å². The largest absolute Gasteiger partial charge is 0.639 e. The minimum atomic E-state index is -1.07. The summed E-state index contributed by atoms with van der Waals surface area (Å²) in [6.45, 7) is 0.807. The monoisotopic (exact) mass is 1120 g/mol. The Bertz CT molecular complexity index is 3010. The predicted molar refractivity (Wildman–Crippen MR) is 302 cm³/mol. The highest BCUT2D eigenvalue weighted by atomic mass is 32.2. The second-order valence-electron chi connectivity index (χ2n) is 17.4. The van der Waals surface area contributed by atoms with E-state index in [1.807, 2.05) is 146 Å². The first-order chi connectivity index (χ1) is 37.5. The molecule has 22 heteroatoms. The lowest BCUT2D eigenvalue weighted by Gasteiger charge is -2.23.